The number of hydrogen-bond donors (Lipinski definition) is 4. The Morgan fingerprint density at radius 3 is 2.37 bits per heavy atom. The molecule has 0 radical (unpaired) electrons. The second kappa shape index (κ2) is 13.3. The molecule has 1 amide bonds. The Morgan fingerprint density at radius 2 is 1.68 bits per heavy atom. The number of carbonyl (C=O) groups is 1. The quantitative estimate of drug-likeness (QED) is 0.246. The van der Waals surface area contributed by atoms with Gasteiger partial charge in [0.2, 0.25) is 0 Å². The van der Waals surface area contributed by atoms with E-state index in [4.69, 9.17) is 0 Å². The largest absolute Gasteiger partial charge is 0.573 e. The van der Waals surface area contributed by atoms with Gasteiger partial charge in [0.1, 0.15) is 11.6 Å². The molecule has 0 saturated carbocycles. The molecule has 3 aromatic carbocycles. The van der Waals surface area contributed by atoms with E-state index in [1.807, 2.05) is 44.2 Å². The molecule has 204 valence electrons. The van der Waals surface area contributed by atoms with Gasteiger partial charge in [-0.2, -0.15) is 0 Å². The molecule has 0 spiro atoms. The second-order valence-electron chi connectivity index (χ2n) is 9.16. The van der Waals surface area contributed by atoms with Crippen LogP contribution in [0.2, 0.25) is 0 Å². The van der Waals surface area contributed by atoms with Gasteiger partial charge in [-0.05, 0) is 61.7 Å². The molecular formula is C28H31F4N3O3. The molecule has 0 aliphatic carbocycles. The lowest BCUT2D eigenvalue weighted by Crippen LogP contribution is -2.48. The molecular weight excluding hydrogens is 502 g/mol. The normalized spacial score (nSPS) is 13.2. The van der Waals surface area contributed by atoms with Gasteiger partial charge < -0.3 is 25.8 Å². The van der Waals surface area contributed by atoms with Gasteiger partial charge in [-0.15, -0.1) is 13.2 Å². The van der Waals surface area contributed by atoms with Crippen molar-refractivity contribution in [2.45, 2.75) is 51.4 Å². The molecule has 0 heterocycles. The van der Waals surface area contributed by atoms with Crippen molar-refractivity contribution in [1.29, 1.82) is 0 Å². The van der Waals surface area contributed by atoms with Crippen molar-refractivity contribution in [3.63, 3.8) is 0 Å². The number of amides is 1. The van der Waals surface area contributed by atoms with Crippen molar-refractivity contribution in [2.75, 3.05) is 11.9 Å². The Morgan fingerprint density at radius 1 is 0.974 bits per heavy atom. The highest BCUT2D eigenvalue weighted by Crippen LogP contribution is 2.23. The van der Waals surface area contributed by atoms with Crippen LogP contribution in [-0.4, -0.2) is 42.1 Å². The summed E-state index contributed by atoms with van der Waals surface area (Å²) >= 11 is 0. The SMILES string of the molecule is CC(C)Nc1ccc(F)c(C(=O)N[C@@H](Cc2ccccc2)[C@H](O)CNCc2cccc(OC(F)(F)F)c2)c1. The number of aliphatic hydroxyl groups excluding tert-OH is 1. The van der Waals surface area contributed by atoms with Gasteiger partial charge >= 0.3 is 6.36 Å². The second-order valence-corrected chi connectivity index (χ2v) is 9.16. The Hall–Kier alpha value is -3.63. The number of aliphatic hydroxyl groups is 1. The molecule has 6 nitrogen and oxygen atoms in total. The van der Waals surface area contributed by atoms with E-state index in [-0.39, 0.29) is 36.9 Å². The van der Waals surface area contributed by atoms with E-state index < -0.39 is 30.2 Å². The topological polar surface area (TPSA) is 82.6 Å². The molecule has 3 rings (SSSR count). The van der Waals surface area contributed by atoms with Crippen LogP contribution in [0.4, 0.5) is 23.2 Å². The van der Waals surface area contributed by atoms with Crippen LogP contribution in [0.3, 0.4) is 0 Å². The van der Waals surface area contributed by atoms with Crippen molar-refractivity contribution < 1.29 is 32.2 Å². The standard InChI is InChI=1S/C28H31F4N3O3/c1-18(2)34-21-11-12-24(29)23(15-21)27(37)35-25(14-19-7-4-3-5-8-19)26(36)17-33-16-20-9-6-10-22(13-20)38-28(30,31)32/h3-13,15,18,25-26,33-34,36H,14,16-17H2,1-2H3,(H,35,37)/t25-,26+/m0/s1. The highest BCUT2D eigenvalue weighted by atomic mass is 19.4. The van der Waals surface area contributed by atoms with E-state index >= 15 is 0 Å². The van der Waals surface area contributed by atoms with Gasteiger partial charge in [0.15, 0.2) is 0 Å². The van der Waals surface area contributed by atoms with Gasteiger partial charge in [-0.25, -0.2) is 4.39 Å². The third-order valence-electron chi connectivity index (χ3n) is 5.56. The summed E-state index contributed by atoms with van der Waals surface area (Å²) in [4.78, 5) is 13.0. The number of rotatable bonds is 12. The third-order valence-corrected chi connectivity index (χ3v) is 5.56. The maximum atomic E-state index is 14.5. The average Bonchev–Trinajstić information content (AvgIpc) is 2.84. The van der Waals surface area contributed by atoms with Crippen LogP contribution in [0.5, 0.6) is 5.75 Å². The van der Waals surface area contributed by atoms with Crippen molar-refractivity contribution in [3.05, 3.63) is 95.3 Å². The van der Waals surface area contributed by atoms with Crippen LogP contribution in [0.25, 0.3) is 0 Å². The molecule has 0 saturated heterocycles. The van der Waals surface area contributed by atoms with Gasteiger partial charge in [0.25, 0.3) is 5.91 Å². The summed E-state index contributed by atoms with van der Waals surface area (Å²) in [7, 11) is 0. The van der Waals surface area contributed by atoms with E-state index in [0.29, 0.717) is 11.3 Å². The summed E-state index contributed by atoms with van der Waals surface area (Å²) < 4.78 is 55.9. The predicted octanol–water partition coefficient (Wildman–Crippen LogP) is 5.04. The number of benzene rings is 3. The zero-order chi connectivity index (χ0) is 27.7. The smallest absolute Gasteiger partial charge is 0.406 e. The number of alkyl halides is 3. The first-order valence-electron chi connectivity index (χ1n) is 12.1. The first-order valence-corrected chi connectivity index (χ1v) is 12.1. The van der Waals surface area contributed by atoms with Crippen molar-refractivity contribution in [3.8, 4) is 5.75 Å². The first kappa shape index (κ1) is 28.9. The number of halogens is 4. The molecule has 0 aliphatic heterocycles. The van der Waals surface area contributed by atoms with Crippen molar-refractivity contribution in [1.82, 2.24) is 10.6 Å². The Labute approximate surface area is 219 Å². The minimum Gasteiger partial charge on any atom is -0.406 e. The lowest BCUT2D eigenvalue weighted by Gasteiger charge is -2.25. The number of hydrogen-bond acceptors (Lipinski definition) is 5. The molecule has 0 aromatic heterocycles. The van der Waals surface area contributed by atoms with Crippen LogP contribution in [0.15, 0.2) is 72.8 Å². The minimum atomic E-state index is -4.80. The lowest BCUT2D eigenvalue weighted by molar-refractivity contribution is -0.274. The Kier molecular flexibility index (Phi) is 10.1. The van der Waals surface area contributed by atoms with Crippen molar-refractivity contribution in [2.24, 2.45) is 0 Å². The number of nitrogens with one attached hydrogen (secondary N) is 3. The fourth-order valence-electron chi connectivity index (χ4n) is 3.88. The van der Waals surface area contributed by atoms with E-state index in [9.17, 15) is 27.5 Å². The summed E-state index contributed by atoms with van der Waals surface area (Å²) in [5.41, 5.74) is 1.80. The zero-order valence-corrected chi connectivity index (χ0v) is 21.1. The Bertz CT molecular complexity index is 1190. The van der Waals surface area contributed by atoms with Crippen molar-refractivity contribution >= 4 is 11.6 Å². The van der Waals surface area contributed by atoms with Gasteiger partial charge in [0.05, 0.1) is 17.7 Å². The fourth-order valence-corrected chi connectivity index (χ4v) is 3.88. The lowest BCUT2D eigenvalue weighted by atomic mass is 10.00. The summed E-state index contributed by atoms with van der Waals surface area (Å²) in [5, 5.41) is 19.8. The molecule has 0 fully saturated rings. The molecule has 4 N–H and O–H groups in total. The molecule has 38 heavy (non-hydrogen) atoms. The van der Waals surface area contributed by atoms with E-state index in [0.717, 1.165) is 5.56 Å². The molecule has 10 heteroatoms. The molecule has 2 atom stereocenters. The van der Waals surface area contributed by atoms with E-state index in [2.05, 4.69) is 20.7 Å². The number of carbonyl (C=O) groups excluding carboxylic acids is 1. The Balaban J connectivity index is 1.69. The summed E-state index contributed by atoms with van der Waals surface area (Å²) in [6, 6.07) is 18.2. The minimum absolute atomic E-state index is 0.0135. The van der Waals surface area contributed by atoms with E-state index in [1.54, 1.807) is 12.1 Å². The average molecular weight is 534 g/mol. The van der Waals surface area contributed by atoms with Gasteiger partial charge in [-0.3, -0.25) is 4.79 Å². The fraction of sp³-hybridized carbons (Fsp3) is 0.321. The molecule has 0 aliphatic rings. The third kappa shape index (κ3) is 9.35. The maximum absolute atomic E-state index is 14.5. The first-order chi connectivity index (χ1) is 18.0. The van der Waals surface area contributed by atoms with Crippen LogP contribution >= 0.6 is 0 Å². The number of ether oxygens (including phenoxy) is 1. The summed E-state index contributed by atoms with van der Waals surface area (Å²) in [6.45, 7) is 4.00. The highest BCUT2D eigenvalue weighted by Gasteiger charge is 2.31. The summed E-state index contributed by atoms with van der Waals surface area (Å²) in [6.07, 6.45) is -5.61. The zero-order valence-electron chi connectivity index (χ0n) is 21.1. The monoisotopic (exact) mass is 533 g/mol. The molecule has 3 aromatic rings. The number of anilines is 1. The summed E-state index contributed by atoms with van der Waals surface area (Å²) in [5.74, 6) is -1.71. The molecule has 0 bridgehead atoms. The van der Waals surface area contributed by atoms with Crippen LogP contribution < -0.4 is 20.7 Å². The van der Waals surface area contributed by atoms with Crippen LogP contribution in [0.1, 0.15) is 35.3 Å². The molecule has 0 unspecified atom stereocenters. The van der Waals surface area contributed by atoms with E-state index in [1.165, 1.54) is 30.3 Å². The van der Waals surface area contributed by atoms with Gasteiger partial charge in [0, 0.05) is 24.8 Å². The predicted molar refractivity (Wildman–Crippen MR) is 137 cm³/mol. The van der Waals surface area contributed by atoms with Gasteiger partial charge in [-0.1, -0.05) is 42.5 Å². The maximum Gasteiger partial charge on any atom is 0.573 e. The van der Waals surface area contributed by atoms with Crippen LogP contribution in [-0.2, 0) is 13.0 Å². The van der Waals surface area contributed by atoms with Crippen LogP contribution in [0, 0.1) is 5.82 Å². The highest BCUT2D eigenvalue weighted by molar-refractivity contribution is 5.95.